The fraction of sp³-hybridized carbons (Fsp3) is 0.409. The molecule has 1 amide bonds. The molecule has 0 aromatic heterocycles. The lowest BCUT2D eigenvalue weighted by atomic mass is 10.2. The van der Waals surface area contributed by atoms with Crippen LogP contribution in [0.15, 0.2) is 48.5 Å². The number of carbonyl (C=O) groups is 1. The Kier molecular flexibility index (Phi) is 7.53. The number of hydrogen-bond donors (Lipinski definition) is 3. The molecule has 1 unspecified atom stereocenters. The molecule has 1 aliphatic rings. The predicted octanol–water partition coefficient (Wildman–Crippen LogP) is 2.96. The number of anilines is 1. The van der Waals surface area contributed by atoms with Gasteiger partial charge in [-0.3, -0.25) is 14.3 Å². The summed E-state index contributed by atoms with van der Waals surface area (Å²) in [5.41, 5.74) is 3.17. The number of aryl methyl sites for hydroxylation is 1. The Morgan fingerprint density at radius 1 is 1.10 bits per heavy atom. The Hall–Kier alpha value is -2.62. The average Bonchev–Trinajstić information content (AvgIpc) is 3.25. The Morgan fingerprint density at radius 2 is 1.65 bits per heavy atom. The molecule has 0 aliphatic heterocycles. The van der Waals surface area contributed by atoms with Crippen LogP contribution in [0.4, 0.5) is 5.69 Å². The molecule has 1 aliphatic carbocycles. The van der Waals surface area contributed by atoms with E-state index in [1.54, 1.807) is 29.7 Å². The number of amides is 1. The fourth-order valence-corrected chi connectivity index (χ4v) is 4.61. The van der Waals surface area contributed by atoms with Crippen molar-refractivity contribution in [1.29, 1.82) is 0 Å². The van der Waals surface area contributed by atoms with Crippen LogP contribution in [0.1, 0.15) is 31.2 Å². The normalized spacial score (nSPS) is 15.5. The molecule has 0 radical (unpaired) electrons. The van der Waals surface area contributed by atoms with Crippen LogP contribution < -0.4 is 19.8 Å². The predicted molar refractivity (Wildman–Crippen MR) is 119 cm³/mol. The highest BCUT2D eigenvalue weighted by Gasteiger charge is 2.29. The molecule has 0 spiro atoms. The molecule has 8 nitrogen and oxygen atoms in total. The summed E-state index contributed by atoms with van der Waals surface area (Å²) in [5, 5.41) is 12.3. The molecule has 31 heavy (non-hydrogen) atoms. The van der Waals surface area contributed by atoms with Crippen molar-refractivity contribution in [2.75, 3.05) is 17.1 Å². The van der Waals surface area contributed by atoms with Crippen molar-refractivity contribution in [3.8, 4) is 11.5 Å². The first-order valence-corrected chi connectivity index (χ1v) is 12.1. The smallest absolute Gasteiger partial charge is 0.262 e. The average molecular weight is 448 g/mol. The summed E-state index contributed by atoms with van der Waals surface area (Å²) in [6.45, 7) is 1.85. The van der Waals surface area contributed by atoms with E-state index in [1.807, 2.05) is 31.2 Å². The van der Waals surface area contributed by atoms with Gasteiger partial charge in [-0.05, 0) is 56.2 Å². The lowest BCUT2D eigenvalue weighted by Gasteiger charge is -2.29. The SMILES string of the molecule is Cc1ccc(Oc2ccc(N(CC(NC3CCCC3)C(=O)NO)S(C)(=O)=O)cc2)cc1. The van der Waals surface area contributed by atoms with Crippen LogP contribution in [0.3, 0.4) is 0 Å². The van der Waals surface area contributed by atoms with E-state index in [-0.39, 0.29) is 12.6 Å². The first-order chi connectivity index (χ1) is 14.8. The molecule has 1 fully saturated rings. The van der Waals surface area contributed by atoms with Gasteiger partial charge >= 0.3 is 0 Å². The molecule has 0 heterocycles. The van der Waals surface area contributed by atoms with Gasteiger partial charge in [-0.25, -0.2) is 13.9 Å². The van der Waals surface area contributed by atoms with E-state index < -0.39 is 22.0 Å². The van der Waals surface area contributed by atoms with Gasteiger partial charge in [0.2, 0.25) is 10.0 Å². The fourth-order valence-electron chi connectivity index (χ4n) is 3.69. The van der Waals surface area contributed by atoms with Crippen LogP contribution in [0.5, 0.6) is 11.5 Å². The van der Waals surface area contributed by atoms with Crippen molar-refractivity contribution < 1.29 is 23.2 Å². The van der Waals surface area contributed by atoms with E-state index in [2.05, 4.69) is 5.32 Å². The zero-order chi connectivity index (χ0) is 22.4. The van der Waals surface area contributed by atoms with Gasteiger partial charge in [-0.2, -0.15) is 0 Å². The van der Waals surface area contributed by atoms with Gasteiger partial charge in [0.15, 0.2) is 0 Å². The van der Waals surface area contributed by atoms with Gasteiger partial charge in [0.05, 0.1) is 18.5 Å². The maximum Gasteiger partial charge on any atom is 0.262 e. The summed E-state index contributed by atoms with van der Waals surface area (Å²) >= 11 is 0. The number of ether oxygens (including phenoxy) is 1. The number of nitrogens with one attached hydrogen (secondary N) is 2. The van der Waals surface area contributed by atoms with Crippen molar-refractivity contribution in [1.82, 2.24) is 10.8 Å². The van der Waals surface area contributed by atoms with E-state index in [9.17, 15) is 13.2 Å². The lowest BCUT2D eigenvalue weighted by Crippen LogP contribution is -2.53. The Morgan fingerprint density at radius 3 is 2.16 bits per heavy atom. The van der Waals surface area contributed by atoms with Crippen LogP contribution in [-0.4, -0.2) is 44.4 Å². The summed E-state index contributed by atoms with van der Waals surface area (Å²) in [7, 11) is -3.67. The molecule has 2 aromatic rings. The molecule has 3 rings (SSSR count). The monoisotopic (exact) mass is 447 g/mol. The van der Waals surface area contributed by atoms with Crippen LogP contribution >= 0.6 is 0 Å². The first-order valence-electron chi connectivity index (χ1n) is 10.3. The van der Waals surface area contributed by atoms with Crippen molar-refractivity contribution in [3.05, 3.63) is 54.1 Å². The second-order valence-corrected chi connectivity index (χ2v) is 9.79. The molecular weight excluding hydrogens is 418 g/mol. The Balaban J connectivity index is 1.77. The van der Waals surface area contributed by atoms with Gasteiger partial charge in [0.25, 0.3) is 5.91 Å². The Labute approximate surface area is 183 Å². The third-order valence-corrected chi connectivity index (χ3v) is 6.51. The third-order valence-electron chi connectivity index (χ3n) is 5.35. The highest BCUT2D eigenvalue weighted by Crippen LogP contribution is 2.26. The van der Waals surface area contributed by atoms with Gasteiger partial charge in [0, 0.05) is 6.04 Å². The summed E-state index contributed by atoms with van der Waals surface area (Å²) in [6.07, 6.45) is 5.04. The zero-order valence-corrected chi connectivity index (χ0v) is 18.6. The van der Waals surface area contributed by atoms with Crippen LogP contribution in [0.25, 0.3) is 0 Å². The quantitative estimate of drug-likeness (QED) is 0.403. The van der Waals surface area contributed by atoms with Crippen LogP contribution in [0.2, 0.25) is 0 Å². The number of hydroxylamine groups is 1. The molecule has 1 atom stereocenters. The lowest BCUT2D eigenvalue weighted by molar-refractivity contribution is -0.131. The molecule has 0 bridgehead atoms. The van der Waals surface area contributed by atoms with Gasteiger partial charge in [0.1, 0.15) is 17.5 Å². The summed E-state index contributed by atoms with van der Waals surface area (Å²) < 4.78 is 32.0. The zero-order valence-electron chi connectivity index (χ0n) is 17.7. The largest absolute Gasteiger partial charge is 0.457 e. The summed E-state index contributed by atoms with van der Waals surface area (Å²) in [5.74, 6) is 0.577. The number of rotatable bonds is 9. The van der Waals surface area contributed by atoms with E-state index >= 15 is 0 Å². The number of hydrogen-bond acceptors (Lipinski definition) is 6. The summed E-state index contributed by atoms with van der Waals surface area (Å²) in [6, 6.07) is 13.5. The second kappa shape index (κ2) is 10.1. The maximum atomic E-state index is 12.5. The van der Waals surface area contributed by atoms with Gasteiger partial charge in [-0.15, -0.1) is 0 Å². The summed E-state index contributed by atoms with van der Waals surface area (Å²) in [4.78, 5) is 12.2. The first kappa shape index (κ1) is 23.1. The van der Waals surface area contributed by atoms with Gasteiger partial charge in [-0.1, -0.05) is 30.5 Å². The minimum Gasteiger partial charge on any atom is -0.457 e. The second-order valence-electron chi connectivity index (χ2n) is 7.88. The number of benzene rings is 2. The molecule has 168 valence electrons. The maximum absolute atomic E-state index is 12.5. The number of sulfonamides is 1. The topological polar surface area (TPSA) is 108 Å². The number of nitrogens with zero attached hydrogens (tertiary/aromatic N) is 1. The van der Waals surface area contributed by atoms with E-state index in [0.29, 0.717) is 17.2 Å². The highest BCUT2D eigenvalue weighted by molar-refractivity contribution is 7.92. The standard InChI is InChI=1S/C22H29N3O5S/c1-16-7-11-19(12-8-16)30-20-13-9-18(10-14-20)25(31(2,28)29)15-21(22(26)24-27)23-17-5-3-4-6-17/h7-14,17,21,23,27H,3-6,15H2,1-2H3,(H,24,26). The van der Waals surface area contributed by atoms with Crippen LogP contribution in [0, 0.1) is 6.92 Å². The molecule has 0 saturated heterocycles. The molecular formula is C22H29N3O5S. The Bertz CT molecular complexity index is 971. The van der Waals surface area contributed by atoms with Crippen molar-refractivity contribution in [2.24, 2.45) is 0 Å². The number of carbonyl (C=O) groups excluding carboxylic acids is 1. The molecule has 3 N–H and O–H groups in total. The van der Waals surface area contributed by atoms with E-state index in [0.717, 1.165) is 41.8 Å². The molecule has 2 aromatic carbocycles. The van der Waals surface area contributed by atoms with Crippen molar-refractivity contribution in [3.63, 3.8) is 0 Å². The molecule has 1 saturated carbocycles. The van der Waals surface area contributed by atoms with Gasteiger partial charge < -0.3 is 10.1 Å². The minimum absolute atomic E-state index is 0.119. The highest BCUT2D eigenvalue weighted by atomic mass is 32.2. The van der Waals surface area contributed by atoms with Crippen molar-refractivity contribution >= 4 is 21.6 Å². The van der Waals surface area contributed by atoms with Crippen molar-refractivity contribution in [2.45, 2.75) is 44.7 Å². The third kappa shape index (κ3) is 6.43. The minimum atomic E-state index is -3.67. The molecule has 9 heteroatoms. The van der Waals surface area contributed by atoms with Crippen LogP contribution in [-0.2, 0) is 14.8 Å². The van der Waals surface area contributed by atoms with E-state index in [1.165, 1.54) is 0 Å². The van der Waals surface area contributed by atoms with E-state index in [4.69, 9.17) is 9.94 Å².